The Balaban J connectivity index is 3.05. The van der Waals surface area contributed by atoms with E-state index < -0.39 is 5.97 Å². The minimum atomic E-state index is -1.08. The molecule has 0 unspecified atom stereocenters. The third-order valence-electron chi connectivity index (χ3n) is 2.70. The predicted molar refractivity (Wildman–Crippen MR) is 71.4 cm³/mol. The number of carbonyl (C=O) groups is 2. The molecule has 1 heterocycles. The normalized spacial score (nSPS) is 10.3. The second-order valence-corrected chi connectivity index (χ2v) is 4.38. The monoisotopic (exact) mass is 265 g/mol. The van der Waals surface area contributed by atoms with Crippen molar-refractivity contribution in [2.45, 2.75) is 27.2 Å². The van der Waals surface area contributed by atoms with Gasteiger partial charge in [-0.3, -0.25) is 4.79 Å². The van der Waals surface area contributed by atoms with Crippen molar-refractivity contribution in [2.75, 3.05) is 13.1 Å². The van der Waals surface area contributed by atoms with Crippen LogP contribution >= 0.6 is 0 Å². The molecular formula is C14H19NO4. The maximum atomic E-state index is 12.2. The van der Waals surface area contributed by atoms with E-state index in [1.165, 1.54) is 6.07 Å². The highest BCUT2D eigenvalue weighted by atomic mass is 16.4. The van der Waals surface area contributed by atoms with Crippen molar-refractivity contribution >= 4 is 11.9 Å². The van der Waals surface area contributed by atoms with Crippen LogP contribution in [0.3, 0.4) is 0 Å². The zero-order valence-corrected chi connectivity index (χ0v) is 11.5. The van der Waals surface area contributed by atoms with Gasteiger partial charge in [0.1, 0.15) is 11.3 Å². The van der Waals surface area contributed by atoms with Crippen LogP contribution in [0, 0.1) is 0 Å². The summed E-state index contributed by atoms with van der Waals surface area (Å²) < 4.78 is 5.35. The van der Waals surface area contributed by atoms with E-state index in [4.69, 9.17) is 9.52 Å². The zero-order chi connectivity index (χ0) is 14.6. The lowest BCUT2D eigenvalue weighted by Crippen LogP contribution is -2.31. The van der Waals surface area contributed by atoms with E-state index in [0.29, 0.717) is 25.3 Å². The highest BCUT2D eigenvalue weighted by Crippen LogP contribution is 2.18. The largest absolute Gasteiger partial charge is 0.478 e. The Morgan fingerprint density at radius 3 is 2.42 bits per heavy atom. The molecule has 0 radical (unpaired) electrons. The van der Waals surface area contributed by atoms with Crippen LogP contribution in [0.15, 0.2) is 22.6 Å². The highest BCUT2D eigenvalue weighted by Gasteiger charge is 2.23. The fourth-order valence-electron chi connectivity index (χ4n) is 1.79. The summed E-state index contributed by atoms with van der Waals surface area (Å²) in [6.45, 7) is 10.2. The summed E-state index contributed by atoms with van der Waals surface area (Å²) >= 11 is 0. The van der Waals surface area contributed by atoms with E-state index in [-0.39, 0.29) is 17.2 Å². The SMILES string of the molecule is C=C(C)CN(CC)C(=O)c1cc(C(=O)O)c(CC)o1. The molecule has 5 nitrogen and oxygen atoms in total. The number of carboxylic acids is 1. The van der Waals surface area contributed by atoms with E-state index in [9.17, 15) is 9.59 Å². The summed E-state index contributed by atoms with van der Waals surface area (Å²) in [5.41, 5.74) is 0.910. The fraction of sp³-hybridized carbons (Fsp3) is 0.429. The number of amides is 1. The maximum absolute atomic E-state index is 12.2. The van der Waals surface area contributed by atoms with Gasteiger partial charge < -0.3 is 14.4 Å². The van der Waals surface area contributed by atoms with E-state index in [2.05, 4.69) is 6.58 Å². The molecule has 1 N–H and O–H groups in total. The smallest absolute Gasteiger partial charge is 0.339 e. The number of carbonyl (C=O) groups excluding carboxylic acids is 1. The van der Waals surface area contributed by atoms with Gasteiger partial charge in [0.2, 0.25) is 0 Å². The first kappa shape index (κ1) is 15.0. The third kappa shape index (κ3) is 3.47. The Labute approximate surface area is 112 Å². The van der Waals surface area contributed by atoms with Gasteiger partial charge in [0.05, 0.1) is 0 Å². The molecule has 0 atom stereocenters. The van der Waals surface area contributed by atoms with Crippen LogP contribution in [0.1, 0.15) is 47.4 Å². The average molecular weight is 265 g/mol. The quantitative estimate of drug-likeness (QED) is 0.802. The fourth-order valence-corrected chi connectivity index (χ4v) is 1.79. The van der Waals surface area contributed by atoms with Gasteiger partial charge in [-0.05, 0) is 13.8 Å². The van der Waals surface area contributed by atoms with Gasteiger partial charge in [0, 0.05) is 25.6 Å². The first-order valence-electron chi connectivity index (χ1n) is 6.20. The van der Waals surface area contributed by atoms with Gasteiger partial charge in [0.25, 0.3) is 5.91 Å². The Morgan fingerprint density at radius 1 is 1.42 bits per heavy atom. The molecule has 19 heavy (non-hydrogen) atoms. The Morgan fingerprint density at radius 2 is 2.05 bits per heavy atom. The molecule has 1 aromatic rings. The zero-order valence-electron chi connectivity index (χ0n) is 11.5. The lowest BCUT2D eigenvalue weighted by Gasteiger charge is -2.19. The van der Waals surface area contributed by atoms with E-state index in [1.807, 2.05) is 13.8 Å². The number of furan rings is 1. The van der Waals surface area contributed by atoms with Crippen molar-refractivity contribution in [1.29, 1.82) is 0 Å². The van der Waals surface area contributed by atoms with Crippen LogP contribution in [0.5, 0.6) is 0 Å². The van der Waals surface area contributed by atoms with Gasteiger partial charge in [-0.25, -0.2) is 4.79 Å². The number of rotatable bonds is 6. The molecule has 1 rings (SSSR count). The molecular weight excluding hydrogens is 246 g/mol. The lowest BCUT2D eigenvalue weighted by molar-refractivity contribution is 0.0692. The van der Waals surface area contributed by atoms with Gasteiger partial charge in [-0.2, -0.15) is 0 Å². The molecule has 0 spiro atoms. The molecule has 0 aliphatic rings. The molecule has 0 aromatic carbocycles. The van der Waals surface area contributed by atoms with Crippen LogP contribution in [0.4, 0.5) is 0 Å². The van der Waals surface area contributed by atoms with Crippen molar-refractivity contribution in [2.24, 2.45) is 0 Å². The van der Waals surface area contributed by atoms with E-state index in [0.717, 1.165) is 5.57 Å². The van der Waals surface area contributed by atoms with Crippen molar-refractivity contribution in [3.63, 3.8) is 0 Å². The predicted octanol–water partition coefficient (Wildman–Crippen LogP) is 2.58. The summed E-state index contributed by atoms with van der Waals surface area (Å²) in [7, 11) is 0. The molecule has 0 aliphatic carbocycles. The van der Waals surface area contributed by atoms with Crippen molar-refractivity contribution in [3.05, 3.63) is 35.3 Å². The summed E-state index contributed by atoms with van der Waals surface area (Å²) in [6, 6.07) is 1.30. The molecule has 0 saturated carbocycles. The summed E-state index contributed by atoms with van der Waals surface area (Å²) in [4.78, 5) is 24.8. The third-order valence-corrected chi connectivity index (χ3v) is 2.70. The number of likely N-dealkylation sites (N-methyl/N-ethyl adjacent to an activating group) is 1. The van der Waals surface area contributed by atoms with E-state index in [1.54, 1.807) is 11.8 Å². The molecule has 0 fully saturated rings. The molecule has 0 aliphatic heterocycles. The Hall–Kier alpha value is -2.04. The van der Waals surface area contributed by atoms with Crippen molar-refractivity contribution < 1.29 is 19.1 Å². The summed E-state index contributed by atoms with van der Waals surface area (Å²) in [6.07, 6.45) is 0.432. The molecule has 1 amide bonds. The standard InChI is InChI=1S/C14H19NO4/c1-5-11-10(14(17)18)7-12(19-11)13(16)15(6-2)8-9(3)4/h7H,3,5-6,8H2,1-2,4H3,(H,17,18). The average Bonchev–Trinajstić information content (AvgIpc) is 2.79. The first-order valence-corrected chi connectivity index (χ1v) is 6.20. The minimum absolute atomic E-state index is 0.0530. The van der Waals surface area contributed by atoms with Crippen molar-refractivity contribution in [1.82, 2.24) is 4.90 Å². The van der Waals surface area contributed by atoms with Crippen LogP contribution in [-0.4, -0.2) is 35.0 Å². The van der Waals surface area contributed by atoms with Crippen LogP contribution in [0.25, 0.3) is 0 Å². The van der Waals surface area contributed by atoms with Gasteiger partial charge in [-0.15, -0.1) is 0 Å². The molecule has 1 aromatic heterocycles. The Kier molecular flexibility index (Phi) is 4.92. The number of hydrogen-bond acceptors (Lipinski definition) is 3. The van der Waals surface area contributed by atoms with Crippen LogP contribution in [-0.2, 0) is 6.42 Å². The maximum Gasteiger partial charge on any atom is 0.339 e. The number of nitrogens with zero attached hydrogens (tertiary/aromatic N) is 1. The van der Waals surface area contributed by atoms with Crippen molar-refractivity contribution in [3.8, 4) is 0 Å². The topological polar surface area (TPSA) is 70.8 Å². The molecule has 0 saturated heterocycles. The second-order valence-electron chi connectivity index (χ2n) is 4.38. The number of aromatic carboxylic acids is 1. The molecule has 104 valence electrons. The van der Waals surface area contributed by atoms with Gasteiger partial charge in [-0.1, -0.05) is 19.1 Å². The first-order chi connectivity index (χ1) is 8.90. The number of aryl methyl sites for hydroxylation is 1. The lowest BCUT2D eigenvalue weighted by atomic mass is 10.2. The molecule has 0 bridgehead atoms. The molecule has 5 heteroatoms. The number of carboxylic acid groups (broad SMARTS) is 1. The summed E-state index contributed by atoms with van der Waals surface area (Å²) in [5, 5.41) is 9.03. The van der Waals surface area contributed by atoms with Gasteiger partial charge in [0.15, 0.2) is 5.76 Å². The van der Waals surface area contributed by atoms with E-state index >= 15 is 0 Å². The van der Waals surface area contributed by atoms with Crippen LogP contribution < -0.4 is 0 Å². The second kappa shape index (κ2) is 6.22. The number of hydrogen-bond donors (Lipinski definition) is 1. The minimum Gasteiger partial charge on any atom is -0.478 e. The highest BCUT2D eigenvalue weighted by molar-refractivity contribution is 5.96. The van der Waals surface area contributed by atoms with Crippen LogP contribution in [0.2, 0.25) is 0 Å². The summed E-state index contributed by atoms with van der Waals surface area (Å²) in [5.74, 6) is -1.00. The van der Waals surface area contributed by atoms with Gasteiger partial charge >= 0.3 is 5.97 Å². The Bertz CT molecular complexity index is 502.